The highest BCUT2D eigenvalue weighted by Crippen LogP contribution is 2.43. The van der Waals surface area contributed by atoms with Crippen molar-refractivity contribution in [3.05, 3.63) is 170 Å². The van der Waals surface area contributed by atoms with Crippen molar-refractivity contribution in [1.29, 1.82) is 0 Å². The number of aromatic nitrogens is 1. The molecule has 0 unspecified atom stereocenters. The van der Waals surface area contributed by atoms with E-state index in [2.05, 4.69) is 169 Å². The molecule has 0 aliphatic carbocycles. The molecule has 0 aliphatic heterocycles. The van der Waals surface area contributed by atoms with Crippen LogP contribution in [0.15, 0.2) is 174 Å². The number of furan rings is 1. The maximum Gasteiger partial charge on any atom is 0.137 e. The third-order valence-corrected chi connectivity index (χ3v) is 10.6. The fourth-order valence-electron chi connectivity index (χ4n) is 7.19. The molecule has 2 heterocycles. The molecule has 0 radical (unpaired) electrons. The van der Waals surface area contributed by atoms with E-state index in [9.17, 15) is 0 Å². The second kappa shape index (κ2) is 11.2. The molecule has 0 N–H and O–H groups in total. The van der Waals surface area contributed by atoms with Crippen molar-refractivity contribution in [2.24, 2.45) is 0 Å². The lowest BCUT2D eigenvalue weighted by molar-refractivity contribution is 0.669. The minimum absolute atomic E-state index is 0.868. The zero-order valence-electron chi connectivity index (χ0n) is 26.4. The van der Waals surface area contributed by atoms with Gasteiger partial charge in [0.1, 0.15) is 16.2 Å². The molecule has 0 bridgehead atoms. The van der Waals surface area contributed by atoms with E-state index in [0.29, 0.717) is 0 Å². The Morgan fingerprint density at radius 2 is 1.12 bits per heavy atom. The second-order valence-electron chi connectivity index (χ2n) is 12.4. The van der Waals surface area contributed by atoms with Crippen LogP contribution in [0.1, 0.15) is 0 Å². The highest BCUT2D eigenvalue weighted by atomic mass is 32.1. The molecule has 49 heavy (non-hydrogen) atoms. The lowest BCUT2D eigenvalue weighted by atomic mass is 9.93. The molecule has 0 aliphatic rings. The van der Waals surface area contributed by atoms with Gasteiger partial charge >= 0.3 is 0 Å². The number of rotatable bonds is 5. The van der Waals surface area contributed by atoms with Gasteiger partial charge in [-0.05, 0) is 93.3 Å². The summed E-state index contributed by atoms with van der Waals surface area (Å²) >= 11 is 1.72. The van der Waals surface area contributed by atoms with Crippen molar-refractivity contribution in [3.8, 4) is 21.7 Å². The van der Waals surface area contributed by atoms with E-state index < -0.39 is 0 Å². The summed E-state index contributed by atoms with van der Waals surface area (Å²) in [6.07, 6.45) is 0. The molecule has 3 nitrogen and oxygen atoms in total. The highest BCUT2D eigenvalue weighted by Gasteiger charge is 2.19. The number of thiazole rings is 1. The average Bonchev–Trinajstić information content (AvgIpc) is 3.77. The Kier molecular flexibility index (Phi) is 6.36. The molecule has 0 fully saturated rings. The van der Waals surface area contributed by atoms with Crippen molar-refractivity contribution < 1.29 is 4.42 Å². The standard InChI is InChI=1S/C45H28N2OS/c1-3-11-30(12-4-1)45-46-40-24-26-42-43(44(40)49-45)39-28-34(23-25-41(39)48-42)47(32-14-5-2-6-15-32)33-21-19-29(20-22-33)38-27-31-13-7-8-16-35(31)36-17-9-10-18-37(36)38/h1-28H. The summed E-state index contributed by atoms with van der Waals surface area (Å²) in [5.74, 6) is 0. The average molecular weight is 645 g/mol. The zero-order valence-corrected chi connectivity index (χ0v) is 27.2. The molecule has 8 aromatic carbocycles. The first-order valence-corrected chi connectivity index (χ1v) is 17.3. The maximum atomic E-state index is 6.41. The Labute approximate surface area is 286 Å². The summed E-state index contributed by atoms with van der Waals surface area (Å²) in [6, 6.07) is 60.3. The molecule has 10 rings (SSSR count). The van der Waals surface area contributed by atoms with Crippen molar-refractivity contribution in [2.45, 2.75) is 0 Å². The van der Waals surface area contributed by atoms with Crippen LogP contribution in [0.3, 0.4) is 0 Å². The van der Waals surface area contributed by atoms with Crippen LogP contribution in [0, 0.1) is 0 Å². The predicted molar refractivity (Wildman–Crippen MR) is 207 cm³/mol. The van der Waals surface area contributed by atoms with Crippen LogP contribution in [-0.4, -0.2) is 4.98 Å². The highest BCUT2D eigenvalue weighted by molar-refractivity contribution is 7.22. The van der Waals surface area contributed by atoms with E-state index >= 15 is 0 Å². The van der Waals surface area contributed by atoms with Gasteiger partial charge in [-0.25, -0.2) is 4.98 Å². The van der Waals surface area contributed by atoms with Crippen LogP contribution >= 0.6 is 11.3 Å². The van der Waals surface area contributed by atoms with Crippen LogP contribution < -0.4 is 4.90 Å². The predicted octanol–water partition coefficient (Wildman–Crippen LogP) is 13.3. The molecular weight excluding hydrogens is 617 g/mol. The van der Waals surface area contributed by atoms with Gasteiger partial charge in [-0.2, -0.15) is 0 Å². The molecule has 0 atom stereocenters. The fourth-order valence-corrected chi connectivity index (χ4v) is 8.31. The molecule has 0 saturated heterocycles. The first-order chi connectivity index (χ1) is 24.3. The minimum Gasteiger partial charge on any atom is -0.456 e. The van der Waals surface area contributed by atoms with Gasteiger partial charge in [0.2, 0.25) is 0 Å². The van der Waals surface area contributed by atoms with Gasteiger partial charge in [-0.1, -0.05) is 109 Å². The van der Waals surface area contributed by atoms with Gasteiger partial charge in [0.05, 0.1) is 10.2 Å². The van der Waals surface area contributed by atoms with Crippen molar-refractivity contribution in [1.82, 2.24) is 4.98 Å². The SMILES string of the molecule is c1ccc(-c2nc3ccc4oc5ccc(N(c6ccccc6)c6ccc(-c7cc8ccccc8c8ccccc78)cc6)cc5c4c3s2)cc1. The number of fused-ring (bicyclic) bond motifs is 8. The van der Waals surface area contributed by atoms with Gasteiger partial charge in [0.15, 0.2) is 0 Å². The van der Waals surface area contributed by atoms with Crippen molar-refractivity contribution in [3.63, 3.8) is 0 Å². The van der Waals surface area contributed by atoms with Gasteiger partial charge in [-0.3, -0.25) is 0 Å². The fraction of sp³-hybridized carbons (Fsp3) is 0. The maximum absolute atomic E-state index is 6.41. The van der Waals surface area contributed by atoms with E-state index in [4.69, 9.17) is 9.40 Å². The van der Waals surface area contributed by atoms with Crippen LogP contribution in [-0.2, 0) is 0 Å². The zero-order chi connectivity index (χ0) is 32.3. The largest absolute Gasteiger partial charge is 0.456 e. The molecule has 10 aromatic rings. The van der Waals surface area contributed by atoms with E-state index in [1.54, 1.807) is 11.3 Å². The van der Waals surface area contributed by atoms with E-state index in [1.165, 1.54) is 32.7 Å². The molecule has 0 saturated carbocycles. The lowest BCUT2D eigenvalue weighted by Gasteiger charge is -2.25. The van der Waals surface area contributed by atoms with Gasteiger partial charge in [-0.15, -0.1) is 11.3 Å². The smallest absolute Gasteiger partial charge is 0.137 e. The number of anilines is 3. The molecule has 4 heteroatoms. The summed E-state index contributed by atoms with van der Waals surface area (Å²) in [5.41, 5.74) is 9.53. The van der Waals surface area contributed by atoms with Crippen LogP contribution in [0.2, 0.25) is 0 Å². The number of benzene rings is 8. The quantitative estimate of drug-likeness (QED) is 0.175. The van der Waals surface area contributed by atoms with E-state index in [-0.39, 0.29) is 0 Å². The third kappa shape index (κ3) is 4.61. The van der Waals surface area contributed by atoms with Crippen molar-refractivity contribution >= 4 is 82.1 Å². The summed E-state index contributed by atoms with van der Waals surface area (Å²) in [5, 5.41) is 8.27. The van der Waals surface area contributed by atoms with Gasteiger partial charge < -0.3 is 9.32 Å². The first kappa shape index (κ1) is 27.8. The topological polar surface area (TPSA) is 29.3 Å². The number of hydrogen-bond acceptors (Lipinski definition) is 4. The van der Waals surface area contributed by atoms with E-state index in [0.717, 1.165) is 59.8 Å². The van der Waals surface area contributed by atoms with E-state index in [1.807, 2.05) is 6.07 Å². The molecule has 2 aromatic heterocycles. The molecule has 0 amide bonds. The molecular formula is C45H28N2OS. The van der Waals surface area contributed by atoms with Crippen LogP contribution in [0.5, 0.6) is 0 Å². The summed E-state index contributed by atoms with van der Waals surface area (Å²) in [4.78, 5) is 7.33. The normalized spacial score (nSPS) is 11.7. The summed E-state index contributed by atoms with van der Waals surface area (Å²) in [7, 11) is 0. The Morgan fingerprint density at radius 1 is 0.469 bits per heavy atom. The Bertz CT molecular complexity index is 2820. The van der Waals surface area contributed by atoms with Crippen molar-refractivity contribution in [2.75, 3.05) is 4.90 Å². The van der Waals surface area contributed by atoms with Crippen LogP contribution in [0.25, 0.3) is 75.4 Å². The molecule has 230 valence electrons. The summed E-state index contributed by atoms with van der Waals surface area (Å²) in [6.45, 7) is 0. The first-order valence-electron chi connectivity index (χ1n) is 16.5. The third-order valence-electron chi connectivity index (χ3n) is 9.47. The Hall–Kier alpha value is -6.23. The van der Waals surface area contributed by atoms with Crippen LogP contribution in [0.4, 0.5) is 17.1 Å². The number of para-hydroxylation sites is 1. The Morgan fingerprint density at radius 3 is 1.94 bits per heavy atom. The Balaban J connectivity index is 1.12. The van der Waals surface area contributed by atoms with Gasteiger partial charge in [0, 0.05) is 33.4 Å². The summed E-state index contributed by atoms with van der Waals surface area (Å²) < 4.78 is 7.56. The minimum atomic E-state index is 0.868. The molecule has 0 spiro atoms. The van der Waals surface area contributed by atoms with Gasteiger partial charge in [0.25, 0.3) is 0 Å². The number of hydrogen-bond donors (Lipinski definition) is 0. The second-order valence-corrected chi connectivity index (χ2v) is 13.4. The number of nitrogens with zero attached hydrogens (tertiary/aromatic N) is 2. The monoisotopic (exact) mass is 644 g/mol. The lowest BCUT2D eigenvalue weighted by Crippen LogP contribution is -2.09.